The fourth-order valence-electron chi connectivity index (χ4n) is 1.94. The van der Waals surface area contributed by atoms with Gasteiger partial charge >= 0.3 is 0 Å². The van der Waals surface area contributed by atoms with Crippen LogP contribution < -0.4 is 5.32 Å². The second-order valence-electron chi connectivity index (χ2n) is 4.12. The molecular formula is C12H14ClN3O. The van der Waals surface area contributed by atoms with E-state index >= 15 is 0 Å². The number of halogens is 1. The molecule has 0 bridgehead atoms. The lowest BCUT2D eigenvalue weighted by Crippen LogP contribution is -2.30. The molecule has 5 heteroatoms. The van der Waals surface area contributed by atoms with Gasteiger partial charge in [0.2, 0.25) is 0 Å². The van der Waals surface area contributed by atoms with Crippen molar-refractivity contribution < 1.29 is 4.74 Å². The van der Waals surface area contributed by atoms with Crippen molar-refractivity contribution in [3.63, 3.8) is 0 Å². The van der Waals surface area contributed by atoms with Gasteiger partial charge in [0.05, 0.1) is 17.7 Å². The summed E-state index contributed by atoms with van der Waals surface area (Å²) in [5, 5.41) is 12.5. The minimum Gasteiger partial charge on any atom is -0.376 e. The van der Waals surface area contributed by atoms with Gasteiger partial charge in [0.1, 0.15) is 16.9 Å². The van der Waals surface area contributed by atoms with E-state index in [1.165, 1.54) is 0 Å². The van der Waals surface area contributed by atoms with E-state index in [9.17, 15) is 0 Å². The van der Waals surface area contributed by atoms with Gasteiger partial charge in [0, 0.05) is 12.8 Å². The third-order valence-electron chi connectivity index (χ3n) is 2.90. The predicted molar refractivity (Wildman–Crippen MR) is 66.0 cm³/mol. The summed E-state index contributed by atoms with van der Waals surface area (Å²) in [5.41, 5.74) is 0.434. The monoisotopic (exact) mass is 251 g/mol. The molecule has 0 amide bonds. The van der Waals surface area contributed by atoms with Crippen molar-refractivity contribution in [3.05, 3.63) is 22.8 Å². The van der Waals surface area contributed by atoms with E-state index in [1.807, 2.05) is 13.0 Å². The lowest BCUT2D eigenvalue weighted by Gasteiger charge is -2.21. The standard InChI is InChI=1S/C12H14ClN3O/c1-8(10-3-2-6-17-10)16-12-11(13)9(7-14)4-5-15-12/h4-5,8,10H,2-3,6H2,1H3,(H,15,16). The molecule has 4 nitrogen and oxygen atoms in total. The summed E-state index contributed by atoms with van der Waals surface area (Å²) < 4.78 is 5.59. The average molecular weight is 252 g/mol. The van der Waals surface area contributed by atoms with Crippen molar-refractivity contribution in [1.29, 1.82) is 5.26 Å². The number of aromatic nitrogens is 1. The summed E-state index contributed by atoms with van der Waals surface area (Å²) in [4.78, 5) is 4.15. The molecule has 1 N–H and O–H groups in total. The second-order valence-corrected chi connectivity index (χ2v) is 4.50. The van der Waals surface area contributed by atoms with Crippen LogP contribution in [0.25, 0.3) is 0 Å². The van der Waals surface area contributed by atoms with E-state index in [1.54, 1.807) is 12.3 Å². The first-order valence-corrected chi connectivity index (χ1v) is 6.03. The van der Waals surface area contributed by atoms with Crippen LogP contribution in [0.2, 0.25) is 5.02 Å². The molecule has 0 saturated carbocycles. The van der Waals surface area contributed by atoms with Crippen LogP contribution in [-0.2, 0) is 4.74 Å². The predicted octanol–water partition coefficient (Wildman–Crippen LogP) is 2.59. The van der Waals surface area contributed by atoms with Crippen molar-refractivity contribution in [2.45, 2.75) is 31.9 Å². The molecular weight excluding hydrogens is 238 g/mol. The third-order valence-corrected chi connectivity index (χ3v) is 3.28. The Morgan fingerprint density at radius 1 is 1.71 bits per heavy atom. The van der Waals surface area contributed by atoms with Crippen LogP contribution >= 0.6 is 11.6 Å². The van der Waals surface area contributed by atoms with E-state index in [2.05, 4.69) is 10.3 Å². The molecule has 0 aromatic carbocycles. The summed E-state index contributed by atoms with van der Waals surface area (Å²) in [5.74, 6) is 0.550. The maximum atomic E-state index is 8.87. The van der Waals surface area contributed by atoms with Crippen molar-refractivity contribution in [2.75, 3.05) is 11.9 Å². The van der Waals surface area contributed by atoms with Crippen LogP contribution in [0.5, 0.6) is 0 Å². The average Bonchev–Trinajstić information content (AvgIpc) is 2.85. The highest BCUT2D eigenvalue weighted by molar-refractivity contribution is 6.34. The van der Waals surface area contributed by atoms with Gasteiger partial charge in [-0.25, -0.2) is 4.98 Å². The summed E-state index contributed by atoms with van der Waals surface area (Å²) in [6.45, 7) is 2.85. The molecule has 0 aliphatic carbocycles. The largest absolute Gasteiger partial charge is 0.376 e. The van der Waals surface area contributed by atoms with E-state index in [0.29, 0.717) is 16.4 Å². The number of pyridine rings is 1. The first-order chi connectivity index (χ1) is 8.22. The Labute approximate surface area is 106 Å². The molecule has 2 heterocycles. The number of nitriles is 1. The van der Waals surface area contributed by atoms with Crippen molar-refractivity contribution >= 4 is 17.4 Å². The van der Waals surface area contributed by atoms with Gasteiger partial charge in [-0.15, -0.1) is 0 Å². The van der Waals surface area contributed by atoms with Crippen LogP contribution in [0.4, 0.5) is 5.82 Å². The van der Waals surface area contributed by atoms with Gasteiger partial charge in [0.15, 0.2) is 0 Å². The van der Waals surface area contributed by atoms with Gasteiger partial charge < -0.3 is 10.1 Å². The number of rotatable bonds is 3. The molecule has 1 aliphatic heterocycles. The van der Waals surface area contributed by atoms with Crippen molar-refractivity contribution in [2.24, 2.45) is 0 Å². The highest BCUT2D eigenvalue weighted by atomic mass is 35.5. The van der Waals surface area contributed by atoms with E-state index in [0.717, 1.165) is 19.4 Å². The van der Waals surface area contributed by atoms with Crippen LogP contribution in [-0.4, -0.2) is 23.7 Å². The quantitative estimate of drug-likeness (QED) is 0.897. The molecule has 17 heavy (non-hydrogen) atoms. The summed E-state index contributed by atoms with van der Waals surface area (Å²) in [6.07, 6.45) is 3.91. The number of hydrogen-bond donors (Lipinski definition) is 1. The van der Waals surface area contributed by atoms with E-state index < -0.39 is 0 Å². The molecule has 0 radical (unpaired) electrons. The maximum Gasteiger partial charge on any atom is 0.146 e. The summed E-state index contributed by atoms with van der Waals surface area (Å²) in [7, 11) is 0. The van der Waals surface area contributed by atoms with Gasteiger partial charge in [-0.1, -0.05) is 11.6 Å². The van der Waals surface area contributed by atoms with E-state index in [-0.39, 0.29) is 12.1 Å². The summed E-state index contributed by atoms with van der Waals surface area (Å²) >= 11 is 6.07. The second kappa shape index (κ2) is 5.35. The Bertz CT molecular complexity index is 438. The molecule has 1 aromatic rings. The van der Waals surface area contributed by atoms with Gasteiger partial charge in [-0.3, -0.25) is 0 Å². The molecule has 1 saturated heterocycles. The molecule has 2 atom stereocenters. The molecule has 1 aromatic heterocycles. The number of anilines is 1. The Morgan fingerprint density at radius 3 is 3.18 bits per heavy atom. The topological polar surface area (TPSA) is 57.9 Å². The summed E-state index contributed by atoms with van der Waals surface area (Å²) in [6, 6.07) is 3.77. The molecule has 1 fully saturated rings. The first kappa shape index (κ1) is 12.2. The zero-order chi connectivity index (χ0) is 12.3. The first-order valence-electron chi connectivity index (χ1n) is 5.65. The number of nitrogens with one attached hydrogen (secondary N) is 1. The highest BCUT2D eigenvalue weighted by Gasteiger charge is 2.23. The number of ether oxygens (including phenoxy) is 1. The fourth-order valence-corrected chi connectivity index (χ4v) is 2.14. The minimum atomic E-state index is 0.136. The molecule has 2 rings (SSSR count). The minimum absolute atomic E-state index is 0.136. The molecule has 2 unspecified atom stereocenters. The van der Waals surface area contributed by atoms with E-state index in [4.69, 9.17) is 21.6 Å². The van der Waals surface area contributed by atoms with Crippen LogP contribution in [0.3, 0.4) is 0 Å². The molecule has 1 aliphatic rings. The highest BCUT2D eigenvalue weighted by Crippen LogP contribution is 2.25. The third kappa shape index (κ3) is 2.68. The van der Waals surface area contributed by atoms with Gasteiger partial charge in [-0.05, 0) is 25.8 Å². The van der Waals surface area contributed by atoms with Crippen LogP contribution in [0.15, 0.2) is 12.3 Å². The normalized spacial score (nSPS) is 20.9. The maximum absolute atomic E-state index is 8.87. The Hall–Kier alpha value is -1.31. The Kier molecular flexibility index (Phi) is 3.82. The van der Waals surface area contributed by atoms with Crippen LogP contribution in [0, 0.1) is 11.3 Å². The molecule has 0 spiro atoms. The Morgan fingerprint density at radius 2 is 2.53 bits per heavy atom. The van der Waals surface area contributed by atoms with Crippen LogP contribution in [0.1, 0.15) is 25.3 Å². The van der Waals surface area contributed by atoms with Crippen molar-refractivity contribution in [1.82, 2.24) is 4.98 Å². The van der Waals surface area contributed by atoms with Gasteiger partial charge in [-0.2, -0.15) is 5.26 Å². The fraction of sp³-hybridized carbons (Fsp3) is 0.500. The lowest BCUT2D eigenvalue weighted by atomic mass is 10.1. The zero-order valence-electron chi connectivity index (χ0n) is 9.61. The number of nitrogens with zero attached hydrogens (tertiary/aromatic N) is 2. The number of hydrogen-bond acceptors (Lipinski definition) is 4. The Balaban J connectivity index is 2.10. The van der Waals surface area contributed by atoms with Gasteiger partial charge in [0.25, 0.3) is 0 Å². The SMILES string of the molecule is CC(Nc1nccc(C#N)c1Cl)C1CCCO1. The zero-order valence-corrected chi connectivity index (χ0v) is 10.4. The van der Waals surface area contributed by atoms with Crippen molar-refractivity contribution in [3.8, 4) is 6.07 Å². The lowest BCUT2D eigenvalue weighted by molar-refractivity contribution is 0.0995. The smallest absolute Gasteiger partial charge is 0.146 e. The molecule has 90 valence electrons.